The highest BCUT2D eigenvalue weighted by atomic mass is 32.1. The molecule has 0 fully saturated rings. The monoisotopic (exact) mass is 313 g/mol. The van der Waals surface area contributed by atoms with Gasteiger partial charge < -0.3 is 14.5 Å². The van der Waals surface area contributed by atoms with Crippen molar-refractivity contribution in [3.05, 3.63) is 52.8 Å². The Morgan fingerprint density at radius 2 is 2.18 bits per heavy atom. The Balaban J connectivity index is 1.61. The number of amides is 1. The van der Waals surface area contributed by atoms with Crippen molar-refractivity contribution >= 4 is 17.2 Å². The molecule has 7 heteroatoms. The topological polar surface area (TPSA) is 66.8 Å². The molecule has 0 unspecified atom stereocenters. The SMILES string of the molecule is Cc1nc(-n2cccc2)sc1C(=O)N1CCc2nc[nH]c2C1. The van der Waals surface area contributed by atoms with Crippen LogP contribution in [-0.2, 0) is 13.0 Å². The van der Waals surface area contributed by atoms with Gasteiger partial charge in [-0.05, 0) is 19.1 Å². The summed E-state index contributed by atoms with van der Waals surface area (Å²) < 4.78 is 1.93. The van der Waals surface area contributed by atoms with Gasteiger partial charge in [-0.15, -0.1) is 0 Å². The van der Waals surface area contributed by atoms with Crippen LogP contribution in [0.4, 0.5) is 0 Å². The van der Waals surface area contributed by atoms with E-state index in [0.29, 0.717) is 18.0 Å². The van der Waals surface area contributed by atoms with Crippen molar-refractivity contribution in [2.75, 3.05) is 6.54 Å². The smallest absolute Gasteiger partial charge is 0.266 e. The first kappa shape index (κ1) is 13.3. The molecule has 3 aromatic rings. The predicted molar refractivity (Wildman–Crippen MR) is 83.2 cm³/mol. The van der Waals surface area contributed by atoms with Crippen LogP contribution in [0.15, 0.2) is 30.9 Å². The molecule has 0 aliphatic carbocycles. The van der Waals surface area contributed by atoms with Crippen molar-refractivity contribution in [3.8, 4) is 5.13 Å². The van der Waals surface area contributed by atoms with Crippen molar-refractivity contribution in [1.29, 1.82) is 0 Å². The second-order valence-corrected chi connectivity index (χ2v) is 6.28. The number of fused-ring (bicyclic) bond motifs is 1. The van der Waals surface area contributed by atoms with Crippen molar-refractivity contribution < 1.29 is 4.79 Å². The van der Waals surface area contributed by atoms with Crippen molar-refractivity contribution in [1.82, 2.24) is 24.4 Å². The Bertz CT molecular complexity index is 817. The van der Waals surface area contributed by atoms with Gasteiger partial charge >= 0.3 is 0 Å². The zero-order chi connectivity index (χ0) is 15.1. The average molecular weight is 313 g/mol. The Hall–Kier alpha value is -2.41. The molecule has 112 valence electrons. The molecule has 0 saturated carbocycles. The highest BCUT2D eigenvalue weighted by Gasteiger charge is 2.26. The molecule has 0 radical (unpaired) electrons. The van der Waals surface area contributed by atoms with Crippen LogP contribution >= 0.6 is 11.3 Å². The molecule has 1 aliphatic rings. The van der Waals surface area contributed by atoms with Gasteiger partial charge in [0.2, 0.25) is 0 Å². The van der Waals surface area contributed by atoms with Gasteiger partial charge in [0.05, 0.1) is 30.0 Å². The molecule has 0 bridgehead atoms. The molecule has 0 saturated heterocycles. The highest BCUT2D eigenvalue weighted by Crippen LogP contribution is 2.25. The third-order valence-electron chi connectivity index (χ3n) is 3.87. The lowest BCUT2D eigenvalue weighted by Crippen LogP contribution is -2.35. The fourth-order valence-corrected chi connectivity index (χ4v) is 3.68. The number of hydrogen-bond acceptors (Lipinski definition) is 4. The number of thiazole rings is 1. The van der Waals surface area contributed by atoms with E-state index >= 15 is 0 Å². The third kappa shape index (κ3) is 2.14. The quantitative estimate of drug-likeness (QED) is 0.788. The van der Waals surface area contributed by atoms with Gasteiger partial charge in [0, 0.05) is 25.4 Å². The maximum absolute atomic E-state index is 12.8. The summed E-state index contributed by atoms with van der Waals surface area (Å²) in [6.07, 6.45) is 6.36. The standard InChI is InChI=1S/C15H15N5OS/c1-10-13(22-15(18-10)19-5-2-3-6-19)14(21)20-7-4-11-12(8-20)17-9-16-11/h2-3,5-6,9H,4,7-8H2,1H3,(H,16,17). The van der Waals surface area contributed by atoms with Crippen LogP contribution in [0.1, 0.15) is 26.8 Å². The van der Waals surface area contributed by atoms with Gasteiger partial charge in [0.25, 0.3) is 5.91 Å². The highest BCUT2D eigenvalue weighted by molar-refractivity contribution is 7.16. The summed E-state index contributed by atoms with van der Waals surface area (Å²) >= 11 is 1.44. The summed E-state index contributed by atoms with van der Waals surface area (Å²) in [7, 11) is 0. The van der Waals surface area contributed by atoms with Crippen LogP contribution < -0.4 is 0 Å². The lowest BCUT2D eigenvalue weighted by Gasteiger charge is -2.25. The van der Waals surface area contributed by atoms with Crippen molar-refractivity contribution in [2.45, 2.75) is 19.9 Å². The van der Waals surface area contributed by atoms with E-state index < -0.39 is 0 Å². The molecule has 1 aliphatic heterocycles. The lowest BCUT2D eigenvalue weighted by molar-refractivity contribution is 0.0736. The number of imidazole rings is 1. The Labute approximate surface area is 131 Å². The van der Waals surface area contributed by atoms with Gasteiger partial charge in [0.15, 0.2) is 5.13 Å². The zero-order valence-corrected chi connectivity index (χ0v) is 12.9. The van der Waals surface area contributed by atoms with Gasteiger partial charge in [-0.25, -0.2) is 9.97 Å². The van der Waals surface area contributed by atoms with Gasteiger partial charge in [-0.1, -0.05) is 11.3 Å². The van der Waals surface area contributed by atoms with E-state index in [2.05, 4.69) is 15.0 Å². The maximum Gasteiger partial charge on any atom is 0.266 e. The number of nitrogens with zero attached hydrogens (tertiary/aromatic N) is 4. The van der Waals surface area contributed by atoms with Crippen LogP contribution in [0.3, 0.4) is 0 Å². The van der Waals surface area contributed by atoms with E-state index in [0.717, 1.165) is 28.6 Å². The molecular weight excluding hydrogens is 298 g/mol. The fourth-order valence-electron chi connectivity index (χ4n) is 2.68. The number of nitrogens with one attached hydrogen (secondary N) is 1. The normalized spacial score (nSPS) is 14.1. The molecule has 0 atom stereocenters. The summed E-state index contributed by atoms with van der Waals surface area (Å²) in [5.41, 5.74) is 2.89. The summed E-state index contributed by atoms with van der Waals surface area (Å²) in [6.45, 7) is 3.18. The second kappa shape index (κ2) is 5.10. The van der Waals surface area contributed by atoms with Crippen LogP contribution in [-0.4, -0.2) is 36.9 Å². The van der Waals surface area contributed by atoms with E-state index in [1.54, 1.807) is 6.33 Å². The number of H-pyrrole nitrogens is 1. The van der Waals surface area contributed by atoms with Gasteiger partial charge in [0.1, 0.15) is 4.88 Å². The fraction of sp³-hybridized carbons (Fsp3) is 0.267. The maximum atomic E-state index is 12.8. The minimum Gasteiger partial charge on any atom is -0.347 e. The van der Waals surface area contributed by atoms with E-state index in [4.69, 9.17) is 0 Å². The molecule has 4 heterocycles. The van der Waals surface area contributed by atoms with Crippen molar-refractivity contribution in [3.63, 3.8) is 0 Å². The van der Waals surface area contributed by atoms with Gasteiger partial charge in [-0.2, -0.15) is 0 Å². The summed E-state index contributed by atoms with van der Waals surface area (Å²) in [5, 5.41) is 0.824. The number of aryl methyl sites for hydroxylation is 1. The molecular formula is C15H15N5OS. The predicted octanol–water partition coefficient (Wildman–Crippen LogP) is 2.16. The van der Waals surface area contributed by atoms with Crippen LogP contribution in [0.2, 0.25) is 0 Å². The van der Waals surface area contributed by atoms with E-state index in [9.17, 15) is 4.79 Å². The van der Waals surface area contributed by atoms with Crippen LogP contribution in [0.25, 0.3) is 5.13 Å². The Morgan fingerprint density at radius 1 is 1.36 bits per heavy atom. The molecule has 0 spiro atoms. The molecule has 1 N–H and O–H groups in total. The second-order valence-electron chi connectivity index (χ2n) is 5.31. The largest absolute Gasteiger partial charge is 0.347 e. The summed E-state index contributed by atoms with van der Waals surface area (Å²) in [6, 6.07) is 3.89. The molecule has 0 aromatic carbocycles. The van der Waals surface area contributed by atoms with Crippen LogP contribution in [0, 0.1) is 6.92 Å². The number of aromatic nitrogens is 4. The lowest BCUT2D eigenvalue weighted by atomic mass is 10.1. The van der Waals surface area contributed by atoms with E-state index in [-0.39, 0.29) is 5.91 Å². The minimum atomic E-state index is 0.0497. The first-order valence-corrected chi connectivity index (χ1v) is 7.95. The summed E-state index contributed by atoms with van der Waals surface area (Å²) in [5.74, 6) is 0.0497. The Kier molecular flexibility index (Phi) is 3.07. The third-order valence-corrected chi connectivity index (χ3v) is 5.03. The number of carbonyl (C=O) groups excluding carboxylic acids is 1. The number of carbonyl (C=O) groups is 1. The molecule has 3 aromatic heterocycles. The number of rotatable bonds is 2. The number of aromatic amines is 1. The molecule has 1 amide bonds. The summed E-state index contributed by atoms with van der Waals surface area (Å²) in [4.78, 5) is 27.3. The van der Waals surface area contributed by atoms with Crippen LogP contribution in [0.5, 0.6) is 0 Å². The molecule has 4 rings (SSSR count). The zero-order valence-electron chi connectivity index (χ0n) is 12.1. The minimum absolute atomic E-state index is 0.0497. The van der Waals surface area contributed by atoms with E-state index in [1.165, 1.54) is 11.3 Å². The first-order valence-electron chi connectivity index (χ1n) is 7.13. The molecule has 22 heavy (non-hydrogen) atoms. The molecule has 6 nitrogen and oxygen atoms in total. The van der Waals surface area contributed by atoms with Crippen molar-refractivity contribution in [2.24, 2.45) is 0 Å². The average Bonchev–Trinajstić information content (AvgIpc) is 3.25. The Morgan fingerprint density at radius 3 is 3.00 bits per heavy atom. The number of hydrogen-bond donors (Lipinski definition) is 1. The van der Waals surface area contributed by atoms with Gasteiger partial charge in [-0.3, -0.25) is 4.79 Å². The first-order chi connectivity index (χ1) is 10.7. The van der Waals surface area contributed by atoms with E-state index in [1.807, 2.05) is 40.9 Å².